The van der Waals surface area contributed by atoms with E-state index in [1.54, 1.807) is 6.08 Å². The summed E-state index contributed by atoms with van der Waals surface area (Å²) in [5.74, 6) is -10.2. The van der Waals surface area contributed by atoms with Crippen LogP contribution in [-0.4, -0.2) is 481 Å². The lowest BCUT2D eigenvalue weighted by Crippen LogP contribution is -2.73. The maximum atomic E-state index is 14.1. The van der Waals surface area contributed by atoms with E-state index >= 15 is 0 Å². The van der Waals surface area contributed by atoms with E-state index in [-0.39, 0.29) is 6.42 Å². The lowest BCUT2D eigenvalue weighted by Gasteiger charge is -2.53. The Morgan fingerprint density at radius 1 is 0.351 bits per heavy atom. The number of carboxylic acid groups (broad SMARTS) is 1. The molecule has 0 aromatic carbocycles. The van der Waals surface area contributed by atoms with Crippen molar-refractivity contribution in [3.05, 3.63) is 12.2 Å². The fourth-order valence-electron chi connectivity index (χ4n) is 19.9. The Bertz CT molecular complexity index is 3810. The molecule has 8 fully saturated rings. The summed E-state index contributed by atoms with van der Waals surface area (Å²) in [5, 5.41) is 288. The van der Waals surface area contributed by atoms with Gasteiger partial charge in [0.05, 0.1) is 83.8 Å². The first-order valence-electron chi connectivity index (χ1n) is 52.6. The quantitative estimate of drug-likeness (QED) is 0.0199. The van der Waals surface area contributed by atoms with E-state index in [1.165, 1.54) is 109 Å². The van der Waals surface area contributed by atoms with Crippen LogP contribution in [0.4, 0.5) is 0 Å². The van der Waals surface area contributed by atoms with Crippen molar-refractivity contribution in [2.45, 2.75) is 504 Å². The van der Waals surface area contributed by atoms with Crippen molar-refractivity contribution in [2.75, 3.05) is 59.5 Å². The zero-order chi connectivity index (χ0) is 109. The Balaban J connectivity index is 1.13. The molecule has 0 bridgehead atoms. The fraction of sp³-hybridized carbons (Fsp3) is 0.918. The number of allylic oxidation sites excluding steroid dienone is 1. The van der Waals surface area contributed by atoms with Gasteiger partial charge in [-0.1, -0.05) is 193 Å². The second-order valence-corrected chi connectivity index (χ2v) is 39.9. The summed E-state index contributed by atoms with van der Waals surface area (Å²) < 4.78 is 98.9. The highest BCUT2D eigenvalue weighted by Gasteiger charge is 2.64. The normalized spacial score (nSPS) is 37.7. The number of amides is 5. The molecule has 29 N–H and O–H groups in total. The zero-order valence-electron chi connectivity index (χ0n) is 85.4. The first-order chi connectivity index (χ1) is 70.8. The molecule has 51 nitrogen and oxygen atoms in total. The van der Waals surface area contributed by atoms with Crippen molar-refractivity contribution >= 4 is 35.5 Å². The topological polar surface area (TPSA) is 796 Å². The molecule has 148 heavy (non-hydrogen) atoms. The van der Waals surface area contributed by atoms with Crippen LogP contribution in [0.25, 0.3) is 0 Å². The third-order valence-electron chi connectivity index (χ3n) is 28.2. The number of hydrogen-bond donors (Lipinski definition) is 29. The molecular formula is C97H171N5O46. The van der Waals surface area contributed by atoms with Crippen LogP contribution >= 0.6 is 0 Å². The number of aliphatic carboxylic acids is 1. The fourth-order valence-corrected chi connectivity index (χ4v) is 19.9. The number of carbonyl (C=O) groups is 6. The number of aliphatic hydroxyl groups excluding tert-OH is 23. The van der Waals surface area contributed by atoms with Crippen molar-refractivity contribution in [2.24, 2.45) is 0 Å². The van der Waals surface area contributed by atoms with Gasteiger partial charge in [0.25, 0.3) is 5.79 Å². The lowest BCUT2D eigenvalue weighted by molar-refractivity contribution is -0.405. The smallest absolute Gasteiger partial charge is 0.364 e. The molecule has 51 heteroatoms. The van der Waals surface area contributed by atoms with Crippen LogP contribution < -0.4 is 26.6 Å². The summed E-state index contributed by atoms with van der Waals surface area (Å²) in [5.41, 5.74) is 0. The Hall–Kier alpha value is -5.00. The van der Waals surface area contributed by atoms with Gasteiger partial charge >= 0.3 is 5.97 Å². The van der Waals surface area contributed by atoms with Crippen molar-refractivity contribution < 1.29 is 227 Å². The largest absolute Gasteiger partial charge is 0.477 e. The van der Waals surface area contributed by atoms with Gasteiger partial charge in [-0.25, -0.2) is 4.79 Å². The Morgan fingerprint density at radius 2 is 0.689 bits per heavy atom. The molecule has 8 aliphatic heterocycles. The number of aliphatic hydroxyl groups is 23. The number of ether oxygens (including phenoxy) is 16. The van der Waals surface area contributed by atoms with Gasteiger partial charge < -0.3 is 225 Å². The van der Waals surface area contributed by atoms with Crippen LogP contribution in [0, 0.1) is 0 Å². The molecule has 8 aliphatic rings. The number of unbranched alkanes of at least 4 members (excludes halogenated alkanes) is 27. The zero-order valence-corrected chi connectivity index (χ0v) is 85.4. The van der Waals surface area contributed by atoms with Crippen LogP contribution in [0.3, 0.4) is 0 Å². The van der Waals surface area contributed by atoms with Gasteiger partial charge in [-0.05, 0) is 19.3 Å². The Labute approximate surface area is 861 Å². The molecule has 0 aromatic rings. The van der Waals surface area contributed by atoms with Crippen molar-refractivity contribution in [1.29, 1.82) is 0 Å². The molecule has 0 spiro atoms. The summed E-state index contributed by atoms with van der Waals surface area (Å²) in [7, 11) is 0. The highest BCUT2D eigenvalue weighted by molar-refractivity contribution is 5.77. The predicted molar refractivity (Wildman–Crippen MR) is 509 cm³/mol. The van der Waals surface area contributed by atoms with Crippen LogP contribution in [0.5, 0.6) is 0 Å². The maximum absolute atomic E-state index is 14.1. The van der Waals surface area contributed by atoms with Gasteiger partial charge in [-0.15, -0.1) is 0 Å². The third kappa shape index (κ3) is 36.5. The highest BCUT2D eigenvalue weighted by Crippen LogP contribution is 2.44. The van der Waals surface area contributed by atoms with Crippen LogP contribution in [-0.2, 0) is 105 Å². The molecule has 0 saturated carbocycles. The summed E-state index contributed by atoms with van der Waals surface area (Å²) in [6.07, 6.45) is -47.8. The minimum absolute atomic E-state index is 0.0766. The molecule has 0 aliphatic carbocycles. The number of nitrogens with one attached hydrogen (secondary N) is 5. The van der Waals surface area contributed by atoms with E-state index in [4.69, 9.17) is 75.8 Å². The van der Waals surface area contributed by atoms with Crippen LogP contribution in [0.1, 0.15) is 241 Å². The van der Waals surface area contributed by atoms with Crippen molar-refractivity contribution in [3.8, 4) is 0 Å². The Morgan fingerprint density at radius 3 is 1.12 bits per heavy atom. The van der Waals surface area contributed by atoms with Crippen LogP contribution in [0.2, 0.25) is 0 Å². The molecule has 0 radical (unpaired) electrons. The second-order valence-electron chi connectivity index (χ2n) is 39.9. The average Bonchev–Trinajstić information content (AvgIpc) is 0.743. The SMILES string of the molecule is CCCCCCCCCCCCC/C=C/[C@@H](O)[C@H](CO[C@@H]1OC(CO)[C@@H](O[C@@H]2OC(CO)[C@H](O[C@@H]3OC(CO)[C@H](O)[C@H](O[C@@H]4OC(CO)[C@H](O)[C@H](O)C4O)C3NC(C)=O)[C@H](O[C@@H]3OC(CO)[C@@H](O)[C@H](O[C@@H]4OC(CO)[C@H](O[C@@H]5OC(CO)[C@H](O)[C@H](O)C5NC(C)=O)[C@H](O[C@]5(C(=O)O)CC(O)[C@@H](NC(C)=O)C([C@H](O)[C@H](O)CO)O5)C4O)C3NC(C)=O)C2O)[C@H](O)C1O)NC(=O)CCCCCCCCCCCCCCCCCCC. The molecule has 43 atom stereocenters. The van der Waals surface area contributed by atoms with E-state index in [9.17, 15) is 151 Å². The third-order valence-corrected chi connectivity index (χ3v) is 28.2. The van der Waals surface area contributed by atoms with E-state index < -0.39 is 365 Å². The number of rotatable bonds is 65. The van der Waals surface area contributed by atoms with Gasteiger partial charge in [0.2, 0.25) is 29.5 Å². The molecule has 16 unspecified atom stereocenters. The molecule has 5 amide bonds. The van der Waals surface area contributed by atoms with Gasteiger partial charge in [-0.2, -0.15) is 0 Å². The van der Waals surface area contributed by atoms with E-state index in [0.717, 1.165) is 98.3 Å². The standard InChI is InChI=1S/C97H171N5O46/c1-7-9-11-13-15-17-19-21-22-23-24-26-28-30-32-34-36-38-64(118)102-53(54(115)37-35-33-31-29-27-25-20-18-16-14-12-10-8-2)48-133-92-78(128)76(126)81(61(45-108)138-92)141-94-79(129)87(82(62(46-109)139-94)142-90-67(100-51(5)113)84(72(122)59(43-106)135-90)144-93-77(127)75(125)71(121)58(42-105)137-93)146-91-68(101-52(6)114)85(73(123)60(44-107)136-91)145-95-80(130)88(83(63(47-110)140-95)143-89-66(99-50(4)112)74(124)70(120)57(41-104)134-89)148-97(96(131)132)39-55(116)65(98-49(3)111)86(147-97)69(119)56(117)40-103/h35,37,53-63,65-95,103-110,115-117,119-130H,7-34,36,38-48H2,1-6H3,(H,98,111)(H,99,112)(H,100,113)(H,101,114)(H,102,118)(H,131,132)/b37-35+/t53-,54+,55?,56+,57?,58?,59?,60?,61?,62?,63?,65+,66?,67?,68?,69+,70-,71-,72-,73+,74+,75-,76+,77?,78?,79?,80?,81+,82-,83-,84+,85+,86?,87+,88+,89-,90-,91-,92+,93-,94-,95-,97-/m0/s1. The van der Waals surface area contributed by atoms with Gasteiger partial charge in [0.15, 0.2) is 44.0 Å². The van der Waals surface area contributed by atoms with Crippen LogP contribution in [0.15, 0.2) is 12.2 Å². The summed E-state index contributed by atoms with van der Waals surface area (Å²) in [6, 6.07) is -9.28. The van der Waals surface area contributed by atoms with Crippen molar-refractivity contribution in [1.82, 2.24) is 26.6 Å². The van der Waals surface area contributed by atoms with Gasteiger partial charge in [0, 0.05) is 40.5 Å². The second kappa shape index (κ2) is 65.3. The van der Waals surface area contributed by atoms with E-state index in [0.29, 0.717) is 12.8 Å². The van der Waals surface area contributed by atoms with E-state index in [1.807, 2.05) is 0 Å². The predicted octanol–water partition coefficient (Wildman–Crippen LogP) is -6.50. The highest BCUT2D eigenvalue weighted by atomic mass is 16.8. The minimum Gasteiger partial charge on any atom is -0.477 e. The summed E-state index contributed by atoms with van der Waals surface area (Å²) >= 11 is 0. The molecule has 8 saturated heterocycles. The molecule has 8 heterocycles. The first-order valence-corrected chi connectivity index (χ1v) is 52.6. The minimum atomic E-state index is -3.53. The summed E-state index contributed by atoms with van der Waals surface area (Å²) in [4.78, 5) is 80.9. The number of carbonyl (C=O) groups excluding carboxylic acids is 5. The lowest BCUT2D eigenvalue weighted by atomic mass is 9.88. The molecule has 8 rings (SSSR count). The van der Waals surface area contributed by atoms with Gasteiger partial charge in [-0.3, -0.25) is 24.0 Å². The average molecular weight is 2140 g/mol. The Kier molecular flexibility index (Phi) is 56.5. The van der Waals surface area contributed by atoms with E-state index in [2.05, 4.69) is 40.4 Å². The molecule has 0 aromatic heterocycles. The molecular weight excluding hydrogens is 1970 g/mol. The number of carboxylic acids is 1. The monoisotopic (exact) mass is 2140 g/mol. The maximum Gasteiger partial charge on any atom is 0.364 e. The summed E-state index contributed by atoms with van der Waals surface area (Å²) in [6.45, 7) is -2.29. The molecule has 860 valence electrons. The van der Waals surface area contributed by atoms with Gasteiger partial charge in [0.1, 0.15) is 189 Å². The number of hydrogen-bond acceptors (Lipinski definition) is 45. The van der Waals surface area contributed by atoms with Crippen molar-refractivity contribution in [3.63, 3.8) is 0 Å². The first kappa shape index (κ1) is 128.